The Morgan fingerprint density at radius 1 is 1.44 bits per heavy atom. The number of hydrogen-bond donors (Lipinski definition) is 3. The quantitative estimate of drug-likeness (QED) is 0.247. The Bertz CT molecular complexity index is 357. The highest BCUT2D eigenvalue weighted by Gasteiger charge is 2.12. The first-order valence-electron chi connectivity index (χ1n) is 4.53. The van der Waals surface area contributed by atoms with Crippen molar-refractivity contribution in [1.82, 2.24) is 4.90 Å². The van der Waals surface area contributed by atoms with E-state index in [1.807, 2.05) is 0 Å². The number of nitrogens with two attached hydrogens (primary N) is 1. The van der Waals surface area contributed by atoms with Gasteiger partial charge in [0.2, 0.25) is 0 Å². The van der Waals surface area contributed by atoms with E-state index in [1.54, 1.807) is 0 Å². The first kappa shape index (κ1) is 14.7. The second-order valence-electron chi connectivity index (χ2n) is 3.02. The Morgan fingerprint density at radius 3 is 2.25 bits per heavy atom. The summed E-state index contributed by atoms with van der Waals surface area (Å²) < 4.78 is 31.6. The molecule has 0 radical (unpaired) electrons. The summed E-state index contributed by atoms with van der Waals surface area (Å²) in [6.07, 6.45) is 7.47. The van der Waals surface area contributed by atoms with Crippen molar-refractivity contribution >= 4 is 16.4 Å². The van der Waals surface area contributed by atoms with Gasteiger partial charge in [-0.1, -0.05) is 5.92 Å². The lowest BCUT2D eigenvalue weighted by Crippen LogP contribution is -2.34. The van der Waals surface area contributed by atoms with Crippen LogP contribution in [-0.4, -0.2) is 48.0 Å². The van der Waals surface area contributed by atoms with E-state index in [4.69, 9.17) is 29.7 Å². The lowest BCUT2D eigenvalue weighted by atomic mass is 10.4. The van der Waals surface area contributed by atoms with Crippen molar-refractivity contribution in [2.45, 2.75) is 12.8 Å². The fourth-order valence-electron chi connectivity index (χ4n) is 1.17. The van der Waals surface area contributed by atoms with Crippen molar-refractivity contribution in [3.8, 4) is 12.3 Å². The van der Waals surface area contributed by atoms with Crippen LogP contribution < -0.4 is 5.73 Å². The molecule has 0 spiro atoms. The summed E-state index contributed by atoms with van der Waals surface area (Å²) in [5.74, 6) is 3.03. The highest BCUT2D eigenvalue weighted by molar-refractivity contribution is 7.79. The third-order valence-corrected chi connectivity index (χ3v) is 1.76. The van der Waals surface area contributed by atoms with E-state index >= 15 is 0 Å². The molecule has 0 aromatic carbocycles. The summed E-state index contributed by atoms with van der Waals surface area (Å²) in [5.41, 5.74) is 5.65. The van der Waals surface area contributed by atoms with Crippen LogP contribution in [0.5, 0.6) is 0 Å². The van der Waals surface area contributed by atoms with E-state index in [9.17, 15) is 0 Å². The molecule has 0 unspecified atom stereocenters. The van der Waals surface area contributed by atoms with E-state index in [0.717, 1.165) is 13.1 Å². The van der Waals surface area contributed by atoms with Gasteiger partial charge in [-0.05, 0) is 12.8 Å². The summed E-state index contributed by atoms with van der Waals surface area (Å²) >= 11 is 0. The standard InChI is InChI=1S/C8H13N3.H2O4S/c1-2-5-10-8(9)11-6-3-4-7-11;1-5(2,3)4/h1H,3-7H2,(H2,9,10);(H2,1,2,3,4). The number of rotatable bonds is 1. The molecule has 1 aliphatic rings. The summed E-state index contributed by atoms with van der Waals surface area (Å²) in [4.78, 5) is 6.08. The van der Waals surface area contributed by atoms with E-state index < -0.39 is 10.4 Å². The summed E-state index contributed by atoms with van der Waals surface area (Å²) in [6.45, 7) is 2.45. The van der Waals surface area contributed by atoms with Gasteiger partial charge >= 0.3 is 10.4 Å². The molecule has 0 atom stereocenters. The number of likely N-dealkylation sites (tertiary alicyclic amines) is 1. The molecule has 0 aromatic heterocycles. The van der Waals surface area contributed by atoms with Crippen LogP contribution in [0.1, 0.15) is 12.8 Å². The van der Waals surface area contributed by atoms with E-state index in [0.29, 0.717) is 12.5 Å². The average Bonchev–Trinajstić information content (AvgIpc) is 2.64. The van der Waals surface area contributed by atoms with Crippen LogP contribution in [0.4, 0.5) is 0 Å². The highest BCUT2D eigenvalue weighted by atomic mass is 32.3. The van der Waals surface area contributed by atoms with Gasteiger partial charge < -0.3 is 10.6 Å². The molecular formula is C8H15N3O4S. The van der Waals surface area contributed by atoms with Crippen molar-refractivity contribution in [1.29, 1.82) is 0 Å². The molecule has 0 saturated carbocycles. The van der Waals surface area contributed by atoms with Gasteiger partial charge in [0.1, 0.15) is 6.54 Å². The Balaban J connectivity index is 0.000000385. The summed E-state index contributed by atoms with van der Waals surface area (Å²) in [5, 5.41) is 0. The number of hydrogen-bond acceptors (Lipinski definition) is 3. The van der Waals surface area contributed by atoms with Crippen molar-refractivity contribution < 1.29 is 17.5 Å². The summed E-state index contributed by atoms with van der Waals surface area (Å²) in [6, 6.07) is 0. The van der Waals surface area contributed by atoms with Crippen molar-refractivity contribution in [2.24, 2.45) is 10.7 Å². The van der Waals surface area contributed by atoms with Crippen molar-refractivity contribution in [3.63, 3.8) is 0 Å². The topological polar surface area (TPSA) is 116 Å². The third kappa shape index (κ3) is 9.26. The normalized spacial score (nSPS) is 16.3. The molecule has 0 aromatic rings. The maximum absolute atomic E-state index is 8.74. The minimum absolute atomic E-state index is 0.391. The third-order valence-electron chi connectivity index (χ3n) is 1.76. The van der Waals surface area contributed by atoms with Gasteiger partial charge in [-0.15, -0.1) is 6.42 Å². The Morgan fingerprint density at radius 2 is 1.88 bits per heavy atom. The fourth-order valence-corrected chi connectivity index (χ4v) is 1.17. The molecule has 8 heteroatoms. The molecule has 0 aliphatic carbocycles. The number of terminal acetylenes is 1. The number of aliphatic imine (C=N–C) groups is 1. The minimum Gasteiger partial charge on any atom is -0.370 e. The second kappa shape index (κ2) is 7.05. The first-order chi connectivity index (χ1) is 7.34. The minimum atomic E-state index is -4.67. The predicted molar refractivity (Wildman–Crippen MR) is 60.3 cm³/mol. The molecule has 1 rings (SSSR count). The van der Waals surface area contributed by atoms with Gasteiger partial charge in [0.15, 0.2) is 5.96 Å². The molecular weight excluding hydrogens is 234 g/mol. The largest absolute Gasteiger partial charge is 0.394 e. The highest BCUT2D eigenvalue weighted by Crippen LogP contribution is 2.05. The van der Waals surface area contributed by atoms with Gasteiger partial charge in [-0.2, -0.15) is 8.42 Å². The zero-order valence-electron chi connectivity index (χ0n) is 8.70. The molecule has 4 N–H and O–H groups in total. The Labute approximate surface area is 94.9 Å². The maximum Gasteiger partial charge on any atom is 0.394 e. The van der Waals surface area contributed by atoms with Crippen LogP contribution >= 0.6 is 0 Å². The van der Waals surface area contributed by atoms with E-state index in [2.05, 4.69) is 15.8 Å². The van der Waals surface area contributed by atoms with Gasteiger partial charge in [0.05, 0.1) is 0 Å². The molecule has 16 heavy (non-hydrogen) atoms. The zero-order valence-corrected chi connectivity index (χ0v) is 9.52. The maximum atomic E-state index is 8.74. The lowest BCUT2D eigenvalue weighted by molar-refractivity contribution is 0.381. The van der Waals surface area contributed by atoms with Crippen LogP contribution in [-0.2, 0) is 10.4 Å². The molecule has 0 amide bonds. The molecule has 0 bridgehead atoms. The van der Waals surface area contributed by atoms with Crippen LogP contribution in [0.3, 0.4) is 0 Å². The van der Waals surface area contributed by atoms with Gasteiger partial charge in [-0.3, -0.25) is 9.11 Å². The molecule has 1 fully saturated rings. The molecule has 7 nitrogen and oxygen atoms in total. The van der Waals surface area contributed by atoms with Crippen molar-refractivity contribution in [2.75, 3.05) is 19.6 Å². The smallest absolute Gasteiger partial charge is 0.370 e. The molecule has 92 valence electrons. The van der Waals surface area contributed by atoms with E-state index in [1.165, 1.54) is 12.8 Å². The number of nitrogens with zero attached hydrogens (tertiary/aromatic N) is 2. The van der Waals surface area contributed by atoms with Crippen LogP contribution in [0.2, 0.25) is 0 Å². The molecule has 1 saturated heterocycles. The second-order valence-corrected chi connectivity index (χ2v) is 3.92. The van der Waals surface area contributed by atoms with Gasteiger partial charge in [-0.25, -0.2) is 4.99 Å². The Kier molecular flexibility index (Phi) is 6.48. The van der Waals surface area contributed by atoms with Crippen LogP contribution in [0.25, 0.3) is 0 Å². The lowest BCUT2D eigenvalue weighted by Gasteiger charge is -2.14. The van der Waals surface area contributed by atoms with E-state index in [-0.39, 0.29) is 0 Å². The monoisotopic (exact) mass is 249 g/mol. The zero-order chi connectivity index (χ0) is 12.6. The fraction of sp³-hybridized carbons (Fsp3) is 0.625. The molecule has 1 aliphatic heterocycles. The average molecular weight is 249 g/mol. The Hall–Kier alpha value is -1.30. The first-order valence-corrected chi connectivity index (χ1v) is 5.92. The summed E-state index contributed by atoms with van der Waals surface area (Å²) in [7, 11) is -4.67. The number of guanidine groups is 1. The molecule has 1 heterocycles. The van der Waals surface area contributed by atoms with Crippen molar-refractivity contribution in [3.05, 3.63) is 0 Å². The van der Waals surface area contributed by atoms with Gasteiger partial charge in [0.25, 0.3) is 0 Å². The predicted octanol–water partition coefficient (Wildman–Crippen LogP) is -0.623. The van der Waals surface area contributed by atoms with Crippen LogP contribution in [0, 0.1) is 12.3 Å². The van der Waals surface area contributed by atoms with Gasteiger partial charge in [0, 0.05) is 13.1 Å². The SMILES string of the molecule is C#CCN=C(N)N1CCCC1.O=S(=O)(O)O. The van der Waals surface area contributed by atoms with Crippen LogP contribution in [0.15, 0.2) is 4.99 Å².